The zero-order valence-electron chi connectivity index (χ0n) is 11.4. The van der Waals surface area contributed by atoms with E-state index in [1.807, 2.05) is 4.90 Å². The van der Waals surface area contributed by atoms with Crippen molar-refractivity contribution in [3.05, 3.63) is 0 Å². The Balaban J connectivity index is 1.75. The second-order valence-corrected chi connectivity index (χ2v) is 5.41. The Labute approximate surface area is 110 Å². The van der Waals surface area contributed by atoms with Crippen molar-refractivity contribution in [2.24, 2.45) is 0 Å². The molecule has 2 fully saturated rings. The van der Waals surface area contributed by atoms with Crippen LogP contribution in [0.3, 0.4) is 0 Å². The molecule has 2 rings (SSSR count). The van der Waals surface area contributed by atoms with E-state index in [1.54, 1.807) is 0 Å². The van der Waals surface area contributed by atoms with E-state index in [4.69, 9.17) is 9.47 Å². The number of ether oxygens (including phenoxy) is 2. The van der Waals surface area contributed by atoms with Gasteiger partial charge in [-0.1, -0.05) is 19.3 Å². The fraction of sp³-hybridized carbons (Fsp3) is 0.929. The van der Waals surface area contributed by atoms with Crippen molar-refractivity contribution in [3.63, 3.8) is 0 Å². The normalized spacial score (nSPS) is 26.9. The molecule has 1 atom stereocenters. The summed E-state index contributed by atoms with van der Waals surface area (Å²) in [6.45, 7) is 4.45. The first kappa shape index (κ1) is 13.8. The molecular formula is C14H25NO3. The third kappa shape index (κ3) is 3.95. The average Bonchev–Trinajstić information content (AvgIpc) is 2.62. The monoisotopic (exact) mass is 255 g/mol. The molecule has 1 saturated heterocycles. The summed E-state index contributed by atoms with van der Waals surface area (Å²) in [5.41, 5.74) is 0. The Morgan fingerprint density at radius 2 is 2.00 bits per heavy atom. The fourth-order valence-corrected chi connectivity index (χ4v) is 2.77. The largest absolute Gasteiger partial charge is 0.380 e. The zero-order valence-corrected chi connectivity index (χ0v) is 11.4. The van der Waals surface area contributed by atoms with Crippen molar-refractivity contribution < 1.29 is 14.3 Å². The molecule has 0 aromatic heterocycles. The van der Waals surface area contributed by atoms with Gasteiger partial charge < -0.3 is 14.4 Å². The molecule has 18 heavy (non-hydrogen) atoms. The molecule has 2 aliphatic rings. The first-order valence-corrected chi connectivity index (χ1v) is 7.26. The summed E-state index contributed by atoms with van der Waals surface area (Å²) in [7, 11) is 0. The van der Waals surface area contributed by atoms with Gasteiger partial charge in [0.2, 0.25) is 5.91 Å². The van der Waals surface area contributed by atoms with E-state index in [0.29, 0.717) is 19.3 Å². The minimum atomic E-state index is 0.124. The van der Waals surface area contributed by atoms with Crippen molar-refractivity contribution in [2.45, 2.75) is 57.6 Å². The maximum absolute atomic E-state index is 12.1. The fourth-order valence-electron chi connectivity index (χ4n) is 2.77. The van der Waals surface area contributed by atoms with Gasteiger partial charge in [0, 0.05) is 19.2 Å². The highest BCUT2D eigenvalue weighted by Gasteiger charge is 2.23. The van der Waals surface area contributed by atoms with Crippen LogP contribution in [0, 0.1) is 0 Å². The van der Waals surface area contributed by atoms with Crippen LogP contribution in [-0.2, 0) is 14.3 Å². The van der Waals surface area contributed by atoms with Crippen LogP contribution >= 0.6 is 0 Å². The molecule has 0 aromatic rings. The minimum absolute atomic E-state index is 0.124. The van der Waals surface area contributed by atoms with Crippen molar-refractivity contribution in [2.75, 3.05) is 26.4 Å². The van der Waals surface area contributed by atoms with Crippen LogP contribution in [0.1, 0.15) is 45.4 Å². The molecular weight excluding hydrogens is 230 g/mol. The highest BCUT2D eigenvalue weighted by molar-refractivity contribution is 5.77. The Kier molecular flexibility index (Phi) is 5.45. The lowest BCUT2D eigenvalue weighted by atomic mass is 9.98. The summed E-state index contributed by atoms with van der Waals surface area (Å²) in [6.07, 6.45) is 7.27. The number of amides is 1. The smallest absolute Gasteiger partial charge is 0.248 e. The molecule has 0 aromatic carbocycles. The van der Waals surface area contributed by atoms with Crippen LogP contribution < -0.4 is 0 Å². The van der Waals surface area contributed by atoms with Gasteiger partial charge in [-0.05, 0) is 26.2 Å². The number of carbonyl (C=O) groups is 1. The van der Waals surface area contributed by atoms with Crippen molar-refractivity contribution in [1.29, 1.82) is 0 Å². The summed E-state index contributed by atoms with van der Waals surface area (Å²) in [4.78, 5) is 14.1. The van der Waals surface area contributed by atoms with Gasteiger partial charge in [-0.2, -0.15) is 0 Å². The van der Waals surface area contributed by atoms with Crippen LogP contribution in [0.5, 0.6) is 0 Å². The minimum Gasteiger partial charge on any atom is -0.380 e. The maximum Gasteiger partial charge on any atom is 0.248 e. The standard InChI is InChI=1S/C14H25NO3/c1-12-7-9-17-10-8-15(12)14(16)11-18-13-5-3-2-4-6-13/h12-13H,2-11H2,1H3. The summed E-state index contributed by atoms with van der Waals surface area (Å²) in [6, 6.07) is 0.273. The number of carbonyl (C=O) groups excluding carboxylic acids is 1. The van der Waals surface area contributed by atoms with Gasteiger partial charge in [-0.3, -0.25) is 4.79 Å². The SMILES string of the molecule is CC1CCOCCN1C(=O)COC1CCCCC1. The van der Waals surface area contributed by atoms with Crippen LogP contribution in [0.15, 0.2) is 0 Å². The van der Waals surface area contributed by atoms with Gasteiger partial charge in [0.05, 0.1) is 12.7 Å². The third-order valence-electron chi connectivity index (χ3n) is 4.00. The van der Waals surface area contributed by atoms with Crippen LogP contribution in [0.25, 0.3) is 0 Å². The van der Waals surface area contributed by atoms with Crippen molar-refractivity contribution >= 4 is 5.91 Å². The van der Waals surface area contributed by atoms with E-state index in [1.165, 1.54) is 19.3 Å². The molecule has 0 bridgehead atoms. The molecule has 0 spiro atoms. The summed E-state index contributed by atoms with van der Waals surface area (Å²) in [5, 5.41) is 0. The maximum atomic E-state index is 12.1. The highest BCUT2D eigenvalue weighted by atomic mass is 16.5. The molecule has 1 aliphatic carbocycles. The predicted molar refractivity (Wildman–Crippen MR) is 69.4 cm³/mol. The first-order valence-electron chi connectivity index (χ1n) is 7.26. The van der Waals surface area contributed by atoms with E-state index in [2.05, 4.69) is 6.92 Å². The number of rotatable bonds is 3. The number of hydrogen-bond donors (Lipinski definition) is 0. The summed E-state index contributed by atoms with van der Waals surface area (Å²) < 4.78 is 11.2. The topological polar surface area (TPSA) is 38.8 Å². The van der Waals surface area contributed by atoms with Gasteiger partial charge in [-0.15, -0.1) is 0 Å². The zero-order chi connectivity index (χ0) is 12.8. The molecule has 4 heteroatoms. The summed E-state index contributed by atoms with van der Waals surface area (Å²) >= 11 is 0. The highest BCUT2D eigenvalue weighted by Crippen LogP contribution is 2.20. The molecule has 0 N–H and O–H groups in total. The van der Waals surface area contributed by atoms with Crippen LogP contribution in [0.2, 0.25) is 0 Å². The van der Waals surface area contributed by atoms with Crippen LogP contribution in [-0.4, -0.2) is 49.3 Å². The van der Waals surface area contributed by atoms with E-state index in [9.17, 15) is 4.79 Å². The second-order valence-electron chi connectivity index (χ2n) is 5.41. The second kappa shape index (κ2) is 7.10. The molecule has 1 amide bonds. The van der Waals surface area contributed by atoms with Gasteiger partial charge in [0.15, 0.2) is 0 Å². The average molecular weight is 255 g/mol. The molecule has 104 valence electrons. The third-order valence-corrected chi connectivity index (χ3v) is 4.00. The molecule has 1 aliphatic heterocycles. The lowest BCUT2D eigenvalue weighted by molar-refractivity contribution is -0.140. The van der Waals surface area contributed by atoms with Gasteiger partial charge >= 0.3 is 0 Å². The number of hydrogen-bond acceptors (Lipinski definition) is 3. The van der Waals surface area contributed by atoms with Gasteiger partial charge in [-0.25, -0.2) is 0 Å². The molecule has 1 heterocycles. The lowest BCUT2D eigenvalue weighted by Gasteiger charge is -2.28. The van der Waals surface area contributed by atoms with E-state index < -0.39 is 0 Å². The molecule has 1 unspecified atom stereocenters. The van der Waals surface area contributed by atoms with Crippen molar-refractivity contribution in [1.82, 2.24) is 4.90 Å². The van der Waals surface area contributed by atoms with Gasteiger partial charge in [0.1, 0.15) is 6.61 Å². The predicted octanol–water partition coefficient (Wildman–Crippen LogP) is 1.97. The first-order chi connectivity index (χ1) is 8.77. The van der Waals surface area contributed by atoms with E-state index in [0.717, 1.165) is 25.9 Å². The van der Waals surface area contributed by atoms with Crippen molar-refractivity contribution in [3.8, 4) is 0 Å². The molecule has 1 saturated carbocycles. The lowest BCUT2D eigenvalue weighted by Crippen LogP contribution is -2.42. The van der Waals surface area contributed by atoms with E-state index >= 15 is 0 Å². The quantitative estimate of drug-likeness (QED) is 0.774. The number of nitrogens with zero attached hydrogens (tertiary/aromatic N) is 1. The Hall–Kier alpha value is -0.610. The molecule has 0 radical (unpaired) electrons. The Morgan fingerprint density at radius 1 is 1.22 bits per heavy atom. The Morgan fingerprint density at radius 3 is 2.78 bits per heavy atom. The van der Waals surface area contributed by atoms with Gasteiger partial charge in [0.25, 0.3) is 0 Å². The van der Waals surface area contributed by atoms with E-state index in [-0.39, 0.29) is 18.6 Å². The summed E-state index contributed by atoms with van der Waals surface area (Å²) in [5.74, 6) is 0.124. The molecule has 4 nitrogen and oxygen atoms in total. The van der Waals surface area contributed by atoms with Crippen LogP contribution in [0.4, 0.5) is 0 Å². The Bertz CT molecular complexity index is 264.